The van der Waals surface area contributed by atoms with Crippen molar-refractivity contribution >= 4 is 23.6 Å². The van der Waals surface area contributed by atoms with E-state index in [1.807, 2.05) is 6.92 Å². The number of benzene rings is 1. The van der Waals surface area contributed by atoms with E-state index in [9.17, 15) is 19.2 Å². The molecule has 2 heterocycles. The molecule has 1 atom stereocenters. The van der Waals surface area contributed by atoms with Crippen molar-refractivity contribution in [2.75, 3.05) is 32.8 Å². The van der Waals surface area contributed by atoms with Crippen molar-refractivity contribution in [1.82, 2.24) is 15.1 Å². The summed E-state index contributed by atoms with van der Waals surface area (Å²) < 4.78 is 5.23. The molecule has 1 aromatic carbocycles. The van der Waals surface area contributed by atoms with Gasteiger partial charge in [-0.3, -0.25) is 24.1 Å². The number of imide groups is 1. The Morgan fingerprint density at radius 1 is 1.14 bits per heavy atom. The van der Waals surface area contributed by atoms with Crippen LogP contribution in [0.2, 0.25) is 0 Å². The minimum absolute atomic E-state index is 0.171. The molecule has 0 radical (unpaired) electrons. The highest BCUT2D eigenvalue weighted by Gasteiger charge is 2.35. The lowest BCUT2D eigenvalue weighted by Crippen LogP contribution is -2.50. The van der Waals surface area contributed by atoms with E-state index >= 15 is 0 Å². The highest BCUT2D eigenvalue weighted by molar-refractivity contribution is 6.22. The number of ether oxygens (including phenoxy) is 1. The van der Waals surface area contributed by atoms with Gasteiger partial charge in [0.2, 0.25) is 5.91 Å². The standard InChI is InChI=1S/C20H25N3O5/c1-3-4-7-23-19(26)15-6-5-14(12-16(15)20(23)27)17(24)21-13(2)18(25)22-8-10-28-11-9-22/h5-6,12-13H,3-4,7-11H2,1-2H3,(H,21,24). The van der Waals surface area contributed by atoms with Crippen molar-refractivity contribution in [1.29, 1.82) is 0 Å². The fraction of sp³-hybridized carbons (Fsp3) is 0.500. The molecule has 3 rings (SSSR count). The molecule has 0 aromatic heterocycles. The van der Waals surface area contributed by atoms with Gasteiger partial charge in [-0.05, 0) is 31.5 Å². The first-order chi connectivity index (χ1) is 13.4. The van der Waals surface area contributed by atoms with Crippen LogP contribution in [0.5, 0.6) is 0 Å². The number of nitrogens with zero attached hydrogens (tertiary/aromatic N) is 2. The molecule has 2 aliphatic heterocycles. The van der Waals surface area contributed by atoms with E-state index in [-0.39, 0.29) is 28.8 Å². The first-order valence-electron chi connectivity index (χ1n) is 9.61. The van der Waals surface area contributed by atoms with Crippen LogP contribution in [-0.4, -0.2) is 72.3 Å². The molecule has 0 bridgehead atoms. The second-order valence-corrected chi connectivity index (χ2v) is 7.01. The maximum atomic E-state index is 12.6. The number of hydrogen-bond donors (Lipinski definition) is 1. The fourth-order valence-corrected chi connectivity index (χ4v) is 3.35. The van der Waals surface area contributed by atoms with Crippen LogP contribution >= 0.6 is 0 Å². The normalized spacial score (nSPS) is 17.5. The molecule has 4 amide bonds. The van der Waals surface area contributed by atoms with Crippen LogP contribution in [0.4, 0.5) is 0 Å². The van der Waals surface area contributed by atoms with Crippen LogP contribution < -0.4 is 5.32 Å². The van der Waals surface area contributed by atoms with Gasteiger partial charge in [0.15, 0.2) is 0 Å². The van der Waals surface area contributed by atoms with E-state index < -0.39 is 11.9 Å². The summed E-state index contributed by atoms with van der Waals surface area (Å²) in [5, 5.41) is 2.68. The molecule has 8 heteroatoms. The molecule has 0 spiro atoms. The first kappa shape index (κ1) is 20.0. The number of morpholine rings is 1. The average molecular weight is 387 g/mol. The molecule has 1 N–H and O–H groups in total. The molecule has 1 unspecified atom stereocenters. The van der Waals surface area contributed by atoms with Gasteiger partial charge in [0.1, 0.15) is 6.04 Å². The molecule has 0 saturated carbocycles. The van der Waals surface area contributed by atoms with E-state index in [1.165, 1.54) is 23.1 Å². The van der Waals surface area contributed by atoms with E-state index in [1.54, 1.807) is 11.8 Å². The Hall–Kier alpha value is -2.74. The minimum atomic E-state index is -0.697. The number of rotatable bonds is 6. The Kier molecular flexibility index (Phi) is 6.08. The highest BCUT2D eigenvalue weighted by atomic mass is 16.5. The van der Waals surface area contributed by atoms with Crippen molar-refractivity contribution < 1.29 is 23.9 Å². The van der Waals surface area contributed by atoms with Crippen molar-refractivity contribution in [3.63, 3.8) is 0 Å². The van der Waals surface area contributed by atoms with Gasteiger partial charge in [-0.2, -0.15) is 0 Å². The summed E-state index contributed by atoms with van der Waals surface area (Å²) in [5.41, 5.74) is 0.801. The van der Waals surface area contributed by atoms with E-state index in [4.69, 9.17) is 4.74 Å². The fourth-order valence-electron chi connectivity index (χ4n) is 3.35. The second kappa shape index (κ2) is 8.52. The first-order valence-corrected chi connectivity index (χ1v) is 9.61. The summed E-state index contributed by atoms with van der Waals surface area (Å²) in [4.78, 5) is 52.8. The zero-order valence-electron chi connectivity index (χ0n) is 16.2. The lowest BCUT2D eigenvalue weighted by Gasteiger charge is -2.29. The predicted molar refractivity (Wildman–Crippen MR) is 101 cm³/mol. The minimum Gasteiger partial charge on any atom is -0.378 e. The molecule has 2 aliphatic rings. The number of hydrogen-bond acceptors (Lipinski definition) is 5. The predicted octanol–water partition coefficient (Wildman–Crippen LogP) is 1.06. The summed E-state index contributed by atoms with van der Waals surface area (Å²) in [6.45, 7) is 5.97. The van der Waals surface area contributed by atoms with Crippen molar-refractivity contribution in [3.8, 4) is 0 Å². The van der Waals surface area contributed by atoms with Gasteiger partial charge in [-0.1, -0.05) is 13.3 Å². The SMILES string of the molecule is CCCCN1C(=O)c2ccc(C(=O)NC(C)C(=O)N3CCOCC3)cc2C1=O. The largest absolute Gasteiger partial charge is 0.378 e. The Bertz CT molecular complexity index is 801. The molecule has 1 saturated heterocycles. The second-order valence-electron chi connectivity index (χ2n) is 7.01. The monoisotopic (exact) mass is 387 g/mol. The molecule has 8 nitrogen and oxygen atoms in total. The topological polar surface area (TPSA) is 96.0 Å². The molecule has 1 fully saturated rings. The third kappa shape index (κ3) is 3.91. The van der Waals surface area contributed by atoms with Gasteiger partial charge in [-0.25, -0.2) is 0 Å². The lowest BCUT2D eigenvalue weighted by atomic mass is 10.0. The van der Waals surface area contributed by atoms with Crippen LogP contribution in [0.3, 0.4) is 0 Å². The summed E-state index contributed by atoms with van der Waals surface area (Å²) in [5.74, 6) is -1.32. The number of amides is 4. The van der Waals surface area contributed by atoms with Gasteiger partial charge in [0, 0.05) is 25.2 Å². The highest BCUT2D eigenvalue weighted by Crippen LogP contribution is 2.24. The molecular formula is C20H25N3O5. The van der Waals surface area contributed by atoms with Crippen molar-refractivity contribution in [3.05, 3.63) is 34.9 Å². The van der Waals surface area contributed by atoms with Crippen LogP contribution in [0.25, 0.3) is 0 Å². The van der Waals surface area contributed by atoms with E-state index in [0.29, 0.717) is 38.4 Å². The third-order valence-corrected chi connectivity index (χ3v) is 5.01. The number of unbranched alkanes of at least 4 members (excludes halogenated alkanes) is 1. The average Bonchev–Trinajstić information content (AvgIpc) is 2.96. The van der Waals surface area contributed by atoms with Crippen LogP contribution in [-0.2, 0) is 9.53 Å². The number of fused-ring (bicyclic) bond motifs is 1. The summed E-state index contributed by atoms with van der Waals surface area (Å²) in [7, 11) is 0. The summed E-state index contributed by atoms with van der Waals surface area (Å²) >= 11 is 0. The Morgan fingerprint density at radius 3 is 2.50 bits per heavy atom. The molecular weight excluding hydrogens is 362 g/mol. The van der Waals surface area contributed by atoms with Crippen molar-refractivity contribution in [2.45, 2.75) is 32.7 Å². The molecule has 0 aliphatic carbocycles. The Labute approximate surface area is 163 Å². The zero-order chi connectivity index (χ0) is 20.3. The summed E-state index contributed by atoms with van der Waals surface area (Å²) in [6, 6.07) is 3.75. The zero-order valence-corrected chi connectivity index (χ0v) is 16.2. The quantitative estimate of drug-likeness (QED) is 0.737. The van der Waals surface area contributed by atoms with Crippen LogP contribution in [0.1, 0.15) is 57.8 Å². The maximum absolute atomic E-state index is 12.6. The Balaban J connectivity index is 1.69. The maximum Gasteiger partial charge on any atom is 0.261 e. The number of nitrogens with one attached hydrogen (secondary N) is 1. The lowest BCUT2D eigenvalue weighted by molar-refractivity contribution is -0.136. The molecule has 1 aromatic rings. The molecule has 150 valence electrons. The smallest absolute Gasteiger partial charge is 0.261 e. The number of carbonyl (C=O) groups is 4. The van der Waals surface area contributed by atoms with Crippen LogP contribution in [0.15, 0.2) is 18.2 Å². The van der Waals surface area contributed by atoms with Gasteiger partial charge in [0.25, 0.3) is 17.7 Å². The van der Waals surface area contributed by atoms with Gasteiger partial charge in [0.05, 0.1) is 24.3 Å². The summed E-state index contributed by atoms with van der Waals surface area (Å²) in [6.07, 6.45) is 1.61. The van der Waals surface area contributed by atoms with Crippen molar-refractivity contribution in [2.24, 2.45) is 0 Å². The van der Waals surface area contributed by atoms with Gasteiger partial charge >= 0.3 is 0 Å². The van der Waals surface area contributed by atoms with E-state index in [2.05, 4.69) is 5.32 Å². The third-order valence-electron chi connectivity index (χ3n) is 5.01. The van der Waals surface area contributed by atoms with E-state index in [0.717, 1.165) is 12.8 Å². The number of carbonyl (C=O) groups excluding carboxylic acids is 4. The van der Waals surface area contributed by atoms with Gasteiger partial charge in [-0.15, -0.1) is 0 Å². The van der Waals surface area contributed by atoms with Crippen LogP contribution in [0, 0.1) is 0 Å². The Morgan fingerprint density at radius 2 is 1.82 bits per heavy atom. The van der Waals surface area contributed by atoms with Gasteiger partial charge < -0.3 is 15.0 Å². The molecule has 28 heavy (non-hydrogen) atoms.